The number of hydrogen-bond donors (Lipinski definition) is 2. The summed E-state index contributed by atoms with van der Waals surface area (Å²) in [6.07, 6.45) is 5.60. The molecular formula is C19H27N3O2. The van der Waals surface area contributed by atoms with Crippen LogP contribution < -0.4 is 5.73 Å². The number of amides is 1. The predicted molar refractivity (Wildman–Crippen MR) is 94.5 cm³/mol. The number of nitrogens with two attached hydrogens (primary N) is 1. The van der Waals surface area contributed by atoms with Crippen LogP contribution in [-0.4, -0.2) is 40.6 Å². The molecule has 24 heavy (non-hydrogen) atoms. The number of nitrogens with zero attached hydrogens (tertiary/aromatic N) is 2. The van der Waals surface area contributed by atoms with Gasteiger partial charge in [0, 0.05) is 7.05 Å². The fourth-order valence-electron chi connectivity index (χ4n) is 4.08. The van der Waals surface area contributed by atoms with Crippen LogP contribution in [0.1, 0.15) is 44.1 Å². The highest BCUT2D eigenvalue weighted by atomic mass is 16.3. The summed E-state index contributed by atoms with van der Waals surface area (Å²) in [4.78, 5) is 19.0. The summed E-state index contributed by atoms with van der Waals surface area (Å²) in [5.41, 5.74) is 6.39. The van der Waals surface area contributed by atoms with E-state index in [1.54, 1.807) is 7.05 Å². The molecule has 0 spiro atoms. The van der Waals surface area contributed by atoms with Crippen molar-refractivity contribution >= 4 is 11.9 Å². The first-order valence-electron chi connectivity index (χ1n) is 8.86. The largest absolute Gasteiger partial charge is 0.393 e. The Bertz CT molecular complexity index is 616. The summed E-state index contributed by atoms with van der Waals surface area (Å²) >= 11 is 0. The molecule has 1 aromatic rings. The number of aliphatic hydroxyl groups excluding tert-OH is 1. The average molecular weight is 329 g/mol. The van der Waals surface area contributed by atoms with Crippen LogP contribution in [0.15, 0.2) is 35.3 Å². The zero-order valence-electron chi connectivity index (χ0n) is 14.3. The minimum atomic E-state index is -0.767. The Morgan fingerprint density at radius 2 is 2.08 bits per heavy atom. The van der Waals surface area contributed by atoms with Gasteiger partial charge >= 0.3 is 0 Å². The van der Waals surface area contributed by atoms with Gasteiger partial charge in [-0.15, -0.1) is 0 Å². The van der Waals surface area contributed by atoms with Crippen LogP contribution in [0.4, 0.5) is 0 Å². The van der Waals surface area contributed by atoms with E-state index in [1.165, 1.54) is 10.5 Å². The van der Waals surface area contributed by atoms with Gasteiger partial charge < -0.3 is 10.8 Å². The number of carbonyl (C=O) groups excluding carboxylic acids is 1. The Morgan fingerprint density at radius 1 is 1.33 bits per heavy atom. The van der Waals surface area contributed by atoms with Gasteiger partial charge in [0.25, 0.3) is 5.91 Å². The van der Waals surface area contributed by atoms with Crippen molar-refractivity contribution in [3.05, 3.63) is 35.9 Å². The minimum absolute atomic E-state index is 0.00371. The van der Waals surface area contributed by atoms with Crippen molar-refractivity contribution in [1.29, 1.82) is 0 Å². The van der Waals surface area contributed by atoms with Crippen LogP contribution in [0.25, 0.3) is 0 Å². The van der Waals surface area contributed by atoms with Gasteiger partial charge in [-0.3, -0.25) is 9.69 Å². The molecule has 3 rings (SSSR count). The van der Waals surface area contributed by atoms with Gasteiger partial charge in [0.05, 0.1) is 6.10 Å². The van der Waals surface area contributed by atoms with E-state index < -0.39 is 5.54 Å². The first-order valence-corrected chi connectivity index (χ1v) is 8.86. The fraction of sp³-hybridized carbons (Fsp3) is 0.579. The normalized spacial score (nSPS) is 30.5. The SMILES string of the molecule is CN1C(=O)[C@@](CCc2ccccc2)(CC2CCCC(O)C2)N=C1N. The fourth-order valence-corrected chi connectivity index (χ4v) is 4.08. The van der Waals surface area contributed by atoms with E-state index in [9.17, 15) is 9.90 Å². The Morgan fingerprint density at radius 3 is 2.71 bits per heavy atom. The van der Waals surface area contributed by atoms with E-state index in [0.29, 0.717) is 24.7 Å². The molecule has 5 heteroatoms. The number of aryl methyl sites for hydroxylation is 1. The second-order valence-electron chi connectivity index (χ2n) is 7.24. The molecule has 2 aliphatic rings. The number of aliphatic imine (C=N–C) groups is 1. The molecule has 0 bridgehead atoms. The van der Waals surface area contributed by atoms with E-state index in [1.807, 2.05) is 18.2 Å². The topological polar surface area (TPSA) is 78.9 Å². The standard InChI is InChI=1S/C19H27N3O2/c1-22-17(24)19(21-18(22)20,11-10-14-6-3-2-4-7-14)13-15-8-5-9-16(23)12-15/h2-4,6-7,15-16,23H,5,8-13H2,1H3,(H2,20,21)/t15?,16?,19-/m1/s1. The second-order valence-corrected chi connectivity index (χ2v) is 7.24. The highest BCUT2D eigenvalue weighted by Crippen LogP contribution is 2.38. The van der Waals surface area contributed by atoms with Gasteiger partial charge in [0.1, 0.15) is 5.54 Å². The van der Waals surface area contributed by atoms with Crippen molar-refractivity contribution < 1.29 is 9.90 Å². The maximum absolute atomic E-state index is 12.9. The highest BCUT2D eigenvalue weighted by Gasteiger charge is 2.47. The highest BCUT2D eigenvalue weighted by molar-refractivity contribution is 6.06. The van der Waals surface area contributed by atoms with Crippen LogP contribution in [0.5, 0.6) is 0 Å². The molecule has 0 aromatic heterocycles. The van der Waals surface area contributed by atoms with Crippen LogP contribution in [-0.2, 0) is 11.2 Å². The number of guanidine groups is 1. The van der Waals surface area contributed by atoms with Gasteiger partial charge in [-0.1, -0.05) is 43.2 Å². The molecule has 2 unspecified atom stereocenters. The summed E-state index contributed by atoms with van der Waals surface area (Å²) in [5.74, 6) is 0.636. The van der Waals surface area contributed by atoms with Gasteiger partial charge in [-0.05, 0) is 43.6 Å². The van der Waals surface area contributed by atoms with Gasteiger partial charge in [-0.25, -0.2) is 4.99 Å². The van der Waals surface area contributed by atoms with Crippen molar-refractivity contribution in [2.24, 2.45) is 16.6 Å². The quantitative estimate of drug-likeness (QED) is 0.868. The van der Waals surface area contributed by atoms with Crippen molar-refractivity contribution in [3.63, 3.8) is 0 Å². The number of carbonyl (C=O) groups is 1. The Hall–Kier alpha value is -1.88. The van der Waals surface area contributed by atoms with Crippen molar-refractivity contribution in [2.45, 2.75) is 56.6 Å². The summed E-state index contributed by atoms with van der Waals surface area (Å²) in [7, 11) is 1.70. The molecule has 130 valence electrons. The number of hydrogen-bond acceptors (Lipinski definition) is 4. The molecule has 1 saturated carbocycles. The lowest BCUT2D eigenvalue weighted by atomic mass is 9.76. The lowest BCUT2D eigenvalue weighted by Crippen LogP contribution is -2.44. The molecule has 1 aromatic carbocycles. The molecule has 1 fully saturated rings. The third-order valence-electron chi connectivity index (χ3n) is 5.43. The van der Waals surface area contributed by atoms with Gasteiger partial charge in [0.15, 0.2) is 5.96 Å². The van der Waals surface area contributed by atoms with Crippen LogP contribution in [0, 0.1) is 5.92 Å². The van der Waals surface area contributed by atoms with E-state index in [4.69, 9.17) is 5.73 Å². The zero-order chi connectivity index (χ0) is 17.2. The van der Waals surface area contributed by atoms with Crippen molar-refractivity contribution in [3.8, 4) is 0 Å². The smallest absolute Gasteiger partial charge is 0.257 e. The Labute approximate surface area is 143 Å². The molecule has 1 heterocycles. The van der Waals surface area contributed by atoms with E-state index in [2.05, 4.69) is 17.1 Å². The number of benzene rings is 1. The third kappa shape index (κ3) is 3.46. The lowest BCUT2D eigenvalue weighted by Gasteiger charge is -2.33. The number of rotatable bonds is 5. The Balaban J connectivity index is 1.78. The first kappa shape index (κ1) is 17.0. The molecule has 3 atom stereocenters. The van der Waals surface area contributed by atoms with Crippen LogP contribution >= 0.6 is 0 Å². The molecule has 1 amide bonds. The number of aliphatic hydroxyl groups is 1. The van der Waals surface area contributed by atoms with Crippen molar-refractivity contribution in [1.82, 2.24) is 4.90 Å². The van der Waals surface area contributed by atoms with E-state index in [0.717, 1.165) is 32.1 Å². The summed E-state index contributed by atoms with van der Waals surface area (Å²) in [5, 5.41) is 9.96. The molecule has 1 aliphatic heterocycles. The van der Waals surface area contributed by atoms with Crippen LogP contribution in [0.3, 0.4) is 0 Å². The maximum atomic E-state index is 12.9. The average Bonchev–Trinajstić information content (AvgIpc) is 2.78. The summed E-state index contributed by atoms with van der Waals surface area (Å²) in [6, 6.07) is 10.2. The van der Waals surface area contributed by atoms with Crippen molar-refractivity contribution in [2.75, 3.05) is 7.05 Å². The summed E-state index contributed by atoms with van der Waals surface area (Å²) in [6.45, 7) is 0. The van der Waals surface area contributed by atoms with Crippen LogP contribution in [0.2, 0.25) is 0 Å². The molecule has 0 saturated heterocycles. The lowest BCUT2D eigenvalue weighted by molar-refractivity contribution is -0.131. The minimum Gasteiger partial charge on any atom is -0.393 e. The first-order chi connectivity index (χ1) is 11.5. The maximum Gasteiger partial charge on any atom is 0.257 e. The molecule has 3 N–H and O–H groups in total. The van der Waals surface area contributed by atoms with Gasteiger partial charge in [0.2, 0.25) is 0 Å². The Kier molecular flexibility index (Phi) is 4.90. The summed E-state index contributed by atoms with van der Waals surface area (Å²) < 4.78 is 0. The third-order valence-corrected chi connectivity index (χ3v) is 5.43. The molecule has 5 nitrogen and oxygen atoms in total. The second kappa shape index (κ2) is 6.93. The number of likely N-dealkylation sites (N-methyl/N-ethyl adjacent to an activating group) is 1. The van der Waals surface area contributed by atoms with Gasteiger partial charge in [-0.2, -0.15) is 0 Å². The van der Waals surface area contributed by atoms with E-state index >= 15 is 0 Å². The predicted octanol–water partition coefficient (Wildman–Crippen LogP) is 2.09. The molecule has 0 radical (unpaired) electrons. The van der Waals surface area contributed by atoms with E-state index in [-0.39, 0.29) is 12.0 Å². The molecule has 1 aliphatic carbocycles. The zero-order valence-corrected chi connectivity index (χ0v) is 14.3. The monoisotopic (exact) mass is 329 g/mol. The molecular weight excluding hydrogens is 302 g/mol.